The number of benzene rings is 2. The fourth-order valence-electron chi connectivity index (χ4n) is 1.40. The molecule has 0 atom stereocenters. The largest absolute Gasteiger partial charge is 0.288 e. The second kappa shape index (κ2) is 5.85. The average Bonchev–Trinajstić information content (AvgIpc) is 2.34. The first kappa shape index (κ1) is 12.2. The van der Waals surface area contributed by atoms with Gasteiger partial charge in [0.15, 0.2) is 0 Å². The molecule has 0 saturated heterocycles. The van der Waals surface area contributed by atoms with Crippen LogP contribution < -0.4 is 0 Å². The molecule has 2 aromatic carbocycles. The molecule has 0 fully saturated rings. The zero-order chi connectivity index (χ0) is 12.1. The van der Waals surface area contributed by atoms with E-state index in [-0.39, 0.29) is 0 Å². The minimum absolute atomic E-state index is 0.653. The zero-order valence-electron chi connectivity index (χ0n) is 9.11. The zero-order valence-corrected chi connectivity index (χ0v) is 10.6. The lowest BCUT2D eigenvalue weighted by Gasteiger charge is -1.97. The summed E-state index contributed by atoms with van der Waals surface area (Å²) in [7, 11) is 0. The normalized spacial score (nSPS) is 10.9. The molecule has 0 unspecified atom stereocenters. The molecule has 17 heavy (non-hydrogen) atoms. The molecule has 0 amide bonds. The Bertz CT molecular complexity index is 501. The van der Waals surface area contributed by atoms with Crippen LogP contribution in [0.25, 0.3) is 0 Å². The summed E-state index contributed by atoms with van der Waals surface area (Å²) in [5.41, 5.74) is 2.18. The summed E-state index contributed by atoms with van der Waals surface area (Å²) in [5, 5.41) is 1.48. The summed E-state index contributed by atoms with van der Waals surface area (Å²) in [6, 6.07) is 15.3. The Morgan fingerprint density at radius 2 is 1.35 bits per heavy atom. The fourth-order valence-corrected chi connectivity index (χ4v) is 1.65. The van der Waals surface area contributed by atoms with Gasteiger partial charge in [-0.15, -0.1) is 0 Å². The van der Waals surface area contributed by atoms with Crippen molar-refractivity contribution < 1.29 is 0 Å². The first-order chi connectivity index (χ1) is 8.24. The minimum Gasteiger partial charge on any atom is -0.288 e. The van der Waals surface area contributed by atoms with E-state index in [2.05, 4.69) is 4.99 Å². The van der Waals surface area contributed by atoms with Gasteiger partial charge in [-0.05, 0) is 35.4 Å². The van der Waals surface area contributed by atoms with Gasteiger partial charge in [-0.1, -0.05) is 47.5 Å². The molecular weight excluding hydrogens is 253 g/mol. The highest BCUT2D eigenvalue weighted by molar-refractivity contribution is 6.30. The van der Waals surface area contributed by atoms with Crippen molar-refractivity contribution in [2.75, 3.05) is 0 Å². The highest BCUT2D eigenvalue weighted by atomic mass is 35.5. The maximum absolute atomic E-state index is 5.81. The number of aliphatic imine (C=N–C) groups is 1. The lowest BCUT2D eigenvalue weighted by molar-refractivity contribution is 1.08. The van der Waals surface area contributed by atoms with E-state index >= 15 is 0 Å². The van der Waals surface area contributed by atoms with Crippen LogP contribution in [0.2, 0.25) is 10.0 Å². The Balaban J connectivity index is 1.97. The number of nitrogens with zero attached hydrogens (tertiary/aromatic N) is 1. The van der Waals surface area contributed by atoms with Gasteiger partial charge in [-0.3, -0.25) is 4.99 Å². The van der Waals surface area contributed by atoms with E-state index in [1.807, 2.05) is 54.7 Å². The third kappa shape index (κ3) is 3.88. The molecule has 0 aliphatic heterocycles. The molecule has 0 saturated carbocycles. The first-order valence-corrected chi connectivity index (χ1v) is 5.99. The van der Waals surface area contributed by atoms with Gasteiger partial charge in [0.25, 0.3) is 0 Å². The molecule has 0 aromatic heterocycles. The summed E-state index contributed by atoms with van der Waals surface area (Å²) in [4.78, 5) is 4.36. The van der Waals surface area contributed by atoms with E-state index in [1.165, 1.54) is 0 Å². The Kier molecular flexibility index (Phi) is 4.18. The van der Waals surface area contributed by atoms with Gasteiger partial charge in [0.1, 0.15) is 0 Å². The molecule has 2 rings (SSSR count). The van der Waals surface area contributed by atoms with E-state index in [0.717, 1.165) is 21.2 Å². The van der Waals surface area contributed by atoms with Crippen molar-refractivity contribution in [1.82, 2.24) is 0 Å². The van der Waals surface area contributed by atoms with Crippen LogP contribution in [0.5, 0.6) is 0 Å². The van der Waals surface area contributed by atoms with E-state index < -0.39 is 0 Å². The van der Waals surface area contributed by atoms with Crippen molar-refractivity contribution in [2.24, 2.45) is 4.99 Å². The summed E-state index contributed by atoms with van der Waals surface area (Å²) in [5.74, 6) is 0. The van der Waals surface area contributed by atoms with Crippen LogP contribution in [-0.2, 0) is 6.54 Å². The minimum atomic E-state index is 0.653. The van der Waals surface area contributed by atoms with Gasteiger partial charge in [0.05, 0.1) is 6.54 Å². The SMILES string of the molecule is Clc1ccc(C=NCc2ccc(Cl)cc2)cc1. The molecule has 3 heteroatoms. The van der Waals surface area contributed by atoms with Crippen molar-refractivity contribution in [3.63, 3.8) is 0 Å². The monoisotopic (exact) mass is 263 g/mol. The molecule has 0 heterocycles. The van der Waals surface area contributed by atoms with Crippen molar-refractivity contribution in [1.29, 1.82) is 0 Å². The van der Waals surface area contributed by atoms with Gasteiger partial charge >= 0.3 is 0 Å². The van der Waals surface area contributed by atoms with E-state index in [0.29, 0.717) is 6.54 Å². The third-order valence-electron chi connectivity index (χ3n) is 2.30. The van der Waals surface area contributed by atoms with Crippen LogP contribution in [0.4, 0.5) is 0 Å². The van der Waals surface area contributed by atoms with Crippen molar-refractivity contribution >= 4 is 29.4 Å². The number of halogens is 2. The molecule has 2 aromatic rings. The van der Waals surface area contributed by atoms with Crippen LogP contribution in [0.1, 0.15) is 11.1 Å². The lowest BCUT2D eigenvalue weighted by Crippen LogP contribution is -1.84. The predicted molar refractivity (Wildman–Crippen MR) is 74.2 cm³/mol. The lowest BCUT2D eigenvalue weighted by atomic mass is 10.2. The summed E-state index contributed by atoms with van der Waals surface area (Å²) < 4.78 is 0. The van der Waals surface area contributed by atoms with Crippen LogP contribution in [0.15, 0.2) is 53.5 Å². The molecule has 0 aliphatic rings. The Labute approximate surface area is 111 Å². The standard InChI is InChI=1S/C14H11Cl2N/c15-13-5-1-11(2-6-13)9-17-10-12-3-7-14(16)8-4-12/h1-9H,10H2. The molecule has 0 N–H and O–H groups in total. The van der Waals surface area contributed by atoms with E-state index in [4.69, 9.17) is 23.2 Å². The maximum atomic E-state index is 5.81. The van der Waals surface area contributed by atoms with Crippen LogP contribution in [0, 0.1) is 0 Å². The number of hydrogen-bond donors (Lipinski definition) is 0. The first-order valence-electron chi connectivity index (χ1n) is 5.24. The quantitative estimate of drug-likeness (QED) is 0.718. The molecule has 0 spiro atoms. The highest BCUT2D eigenvalue weighted by Gasteiger charge is 1.91. The van der Waals surface area contributed by atoms with Crippen LogP contribution >= 0.6 is 23.2 Å². The summed E-state index contributed by atoms with van der Waals surface area (Å²) in [6.07, 6.45) is 1.84. The highest BCUT2D eigenvalue weighted by Crippen LogP contribution is 2.11. The Hall–Kier alpha value is -1.31. The number of rotatable bonds is 3. The van der Waals surface area contributed by atoms with Crippen molar-refractivity contribution in [2.45, 2.75) is 6.54 Å². The molecule has 1 nitrogen and oxygen atoms in total. The molecule has 0 bridgehead atoms. The molecule has 0 radical (unpaired) electrons. The van der Waals surface area contributed by atoms with Crippen molar-refractivity contribution in [3.05, 3.63) is 69.7 Å². The number of hydrogen-bond acceptors (Lipinski definition) is 1. The van der Waals surface area contributed by atoms with Gasteiger partial charge < -0.3 is 0 Å². The fraction of sp³-hybridized carbons (Fsp3) is 0.0714. The van der Waals surface area contributed by atoms with Crippen molar-refractivity contribution in [3.8, 4) is 0 Å². The Morgan fingerprint density at radius 1 is 0.824 bits per heavy atom. The Morgan fingerprint density at radius 3 is 1.94 bits per heavy atom. The van der Waals surface area contributed by atoms with Gasteiger partial charge in [-0.25, -0.2) is 0 Å². The van der Waals surface area contributed by atoms with Gasteiger partial charge in [0.2, 0.25) is 0 Å². The van der Waals surface area contributed by atoms with Crippen LogP contribution in [0.3, 0.4) is 0 Å². The third-order valence-corrected chi connectivity index (χ3v) is 2.80. The second-order valence-corrected chi connectivity index (χ2v) is 4.52. The topological polar surface area (TPSA) is 12.4 Å². The smallest absolute Gasteiger partial charge is 0.0639 e. The average molecular weight is 264 g/mol. The van der Waals surface area contributed by atoms with Gasteiger partial charge in [-0.2, -0.15) is 0 Å². The van der Waals surface area contributed by atoms with Crippen LogP contribution in [-0.4, -0.2) is 6.21 Å². The predicted octanol–water partition coefficient (Wildman–Crippen LogP) is 4.61. The maximum Gasteiger partial charge on any atom is 0.0639 e. The molecular formula is C14H11Cl2N. The molecule has 0 aliphatic carbocycles. The van der Waals surface area contributed by atoms with E-state index in [9.17, 15) is 0 Å². The molecule has 86 valence electrons. The summed E-state index contributed by atoms with van der Waals surface area (Å²) in [6.45, 7) is 0.653. The van der Waals surface area contributed by atoms with E-state index in [1.54, 1.807) is 0 Å². The summed E-state index contributed by atoms with van der Waals surface area (Å²) >= 11 is 11.6. The second-order valence-electron chi connectivity index (χ2n) is 3.65. The van der Waals surface area contributed by atoms with Gasteiger partial charge in [0, 0.05) is 16.3 Å².